The second kappa shape index (κ2) is 13.7. The number of nitrogens with two attached hydrogens (primary N) is 1. The first-order chi connectivity index (χ1) is 14.7. The van der Waals surface area contributed by atoms with Crippen LogP contribution in [0.2, 0.25) is 0 Å². The minimum Gasteiger partial charge on any atom is -0.491 e. The molecule has 0 radical (unpaired) electrons. The molecule has 1 amide bonds. The molecule has 12 heteroatoms. The number of ether oxygens (including phenoxy) is 1. The number of primary amides is 1. The van der Waals surface area contributed by atoms with Crippen LogP contribution in [0.3, 0.4) is 0 Å². The summed E-state index contributed by atoms with van der Waals surface area (Å²) in [6, 6.07) is 4.48. The molecule has 0 saturated carbocycles. The predicted molar refractivity (Wildman–Crippen MR) is 126 cm³/mol. The fourth-order valence-electron chi connectivity index (χ4n) is 3.15. The predicted octanol–water partition coefficient (Wildman–Crippen LogP) is 1.57. The monoisotopic (exact) mass is 573 g/mol. The number of hydrogen-bond donors (Lipinski definition) is 4. The van der Waals surface area contributed by atoms with Crippen LogP contribution in [0.1, 0.15) is 25.3 Å². The fourth-order valence-corrected chi connectivity index (χ4v) is 3.15. The van der Waals surface area contributed by atoms with E-state index in [4.69, 9.17) is 10.5 Å². The molecule has 1 aliphatic rings. The van der Waals surface area contributed by atoms with Crippen molar-refractivity contribution >= 4 is 35.8 Å². The minimum absolute atomic E-state index is 0. The molecular weight excluding hydrogens is 542 g/mol. The summed E-state index contributed by atoms with van der Waals surface area (Å²) in [5.74, 6) is 0.460. The topological polar surface area (TPSA) is 112 Å². The number of carbonyl (C=O) groups excluding carboxylic acids is 1. The first-order valence-corrected chi connectivity index (χ1v) is 10.2. The summed E-state index contributed by atoms with van der Waals surface area (Å²) < 4.78 is 43.1. The number of nitrogens with one attached hydrogen (secondary N) is 2. The third-order valence-electron chi connectivity index (χ3n) is 4.74. The number of guanidine groups is 1. The van der Waals surface area contributed by atoms with Gasteiger partial charge in [-0.05, 0) is 44.0 Å². The van der Waals surface area contributed by atoms with Crippen molar-refractivity contribution in [3.63, 3.8) is 0 Å². The standard InChI is InChI=1S/C20H30F3N5O3.HI/c1-2-25-19(27-15-7-9-28(10-8-15)12-18(24)30)26-11-16(29)13-31-17-5-3-14(4-6-17)20(21,22)23;/h3-6,15-16,29H,2,7-13H2,1H3,(H2,24,30)(H2,25,26,27);1H. The number of aliphatic hydroxyl groups is 1. The zero-order chi connectivity index (χ0) is 22.9. The Morgan fingerprint density at radius 2 is 1.94 bits per heavy atom. The van der Waals surface area contributed by atoms with Crippen molar-refractivity contribution in [2.24, 2.45) is 10.7 Å². The largest absolute Gasteiger partial charge is 0.491 e. The number of rotatable bonds is 9. The highest BCUT2D eigenvalue weighted by atomic mass is 127. The van der Waals surface area contributed by atoms with Gasteiger partial charge in [-0.2, -0.15) is 13.2 Å². The Morgan fingerprint density at radius 3 is 2.47 bits per heavy atom. The van der Waals surface area contributed by atoms with Gasteiger partial charge < -0.3 is 26.2 Å². The molecule has 0 aromatic heterocycles. The molecule has 1 aromatic carbocycles. The van der Waals surface area contributed by atoms with Gasteiger partial charge in [-0.3, -0.25) is 14.7 Å². The van der Waals surface area contributed by atoms with Gasteiger partial charge in [-0.15, -0.1) is 24.0 Å². The molecule has 5 N–H and O–H groups in total. The number of benzene rings is 1. The van der Waals surface area contributed by atoms with Gasteiger partial charge >= 0.3 is 6.18 Å². The first-order valence-electron chi connectivity index (χ1n) is 10.2. The highest BCUT2D eigenvalue weighted by molar-refractivity contribution is 14.0. The molecule has 8 nitrogen and oxygen atoms in total. The quantitative estimate of drug-likeness (QED) is 0.203. The van der Waals surface area contributed by atoms with Crippen LogP contribution in [0.15, 0.2) is 29.3 Å². The molecule has 1 fully saturated rings. The SMILES string of the molecule is CCNC(=NCC(O)COc1ccc(C(F)(F)F)cc1)NC1CCN(CC(N)=O)CC1.I. The van der Waals surface area contributed by atoms with Crippen molar-refractivity contribution in [3.05, 3.63) is 29.8 Å². The highest BCUT2D eigenvalue weighted by Gasteiger charge is 2.30. The molecule has 182 valence electrons. The van der Waals surface area contributed by atoms with Gasteiger partial charge in [0.05, 0.1) is 18.7 Å². The van der Waals surface area contributed by atoms with E-state index in [1.807, 2.05) is 11.8 Å². The second-order valence-electron chi connectivity index (χ2n) is 7.37. The average molecular weight is 573 g/mol. The lowest BCUT2D eigenvalue weighted by Gasteiger charge is -2.32. The number of nitrogens with zero attached hydrogens (tertiary/aromatic N) is 2. The lowest BCUT2D eigenvalue weighted by Crippen LogP contribution is -2.50. The van der Waals surface area contributed by atoms with Crippen LogP contribution in [0.5, 0.6) is 5.75 Å². The number of alkyl halides is 3. The summed E-state index contributed by atoms with van der Waals surface area (Å²) in [7, 11) is 0. The van der Waals surface area contributed by atoms with Crippen LogP contribution in [0.25, 0.3) is 0 Å². The fraction of sp³-hybridized carbons (Fsp3) is 0.600. The number of aliphatic imine (C=N–C) groups is 1. The number of piperidine rings is 1. The third kappa shape index (κ3) is 10.2. The Balaban J connectivity index is 0.00000512. The number of halogens is 4. The number of carbonyl (C=O) groups is 1. The molecule has 0 spiro atoms. The minimum atomic E-state index is -4.40. The van der Waals surface area contributed by atoms with Gasteiger partial charge in [0, 0.05) is 25.7 Å². The lowest BCUT2D eigenvalue weighted by atomic mass is 10.1. The van der Waals surface area contributed by atoms with Crippen molar-refractivity contribution in [2.45, 2.75) is 38.1 Å². The van der Waals surface area contributed by atoms with Crippen molar-refractivity contribution in [2.75, 3.05) is 39.3 Å². The Labute approximate surface area is 202 Å². The van der Waals surface area contributed by atoms with Crippen LogP contribution in [-0.4, -0.2) is 73.3 Å². The second-order valence-corrected chi connectivity index (χ2v) is 7.37. The van der Waals surface area contributed by atoms with Crippen molar-refractivity contribution in [1.82, 2.24) is 15.5 Å². The van der Waals surface area contributed by atoms with Gasteiger partial charge in [0.25, 0.3) is 0 Å². The van der Waals surface area contributed by atoms with E-state index in [-0.39, 0.29) is 61.4 Å². The summed E-state index contributed by atoms with van der Waals surface area (Å²) in [6.45, 7) is 4.30. The molecule has 1 heterocycles. The van der Waals surface area contributed by atoms with E-state index in [1.165, 1.54) is 12.1 Å². The summed E-state index contributed by atoms with van der Waals surface area (Å²) in [4.78, 5) is 17.4. The maximum absolute atomic E-state index is 12.6. The molecule has 0 aliphatic carbocycles. The summed E-state index contributed by atoms with van der Waals surface area (Å²) >= 11 is 0. The molecule has 1 atom stereocenters. The van der Waals surface area contributed by atoms with E-state index in [1.54, 1.807) is 0 Å². The molecule has 1 unspecified atom stereocenters. The number of aliphatic hydroxyl groups excluding tert-OH is 1. The molecule has 1 aromatic rings. The van der Waals surface area contributed by atoms with E-state index in [2.05, 4.69) is 15.6 Å². The summed E-state index contributed by atoms with van der Waals surface area (Å²) in [5.41, 5.74) is 4.47. The van der Waals surface area contributed by atoms with Crippen LogP contribution >= 0.6 is 24.0 Å². The van der Waals surface area contributed by atoms with Gasteiger partial charge in [-0.25, -0.2) is 0 Å². The highest BCUT2D eigenvalue weighted by Crippen LogP contribution is 2.30. The number of likely N-dealkylation sites (tertiary alicyclic amines) is 1. The molecule has 1 saturated heterocycles. The normalized spacial score (nSPS) is 16.7. The van der Waals surface area contributed by atoms with E-state index >= 15 is 0 Å². The first kappa shape index (κ1) is 28.2. The van der Waals surface area contributed by atoms with Crippen LogP contribution in [0, 0.1) is 0 Å². The smallest absolute Gasteiger partial charge is 0.416 e. The van der Waals surface area contributed by atoms with Crippen molar-refractivity contribution < 1.29 is 27.8 Å². The van der Waals surface area contributed by atoms with E-state index in [9.17, 15) is 23.1 Å². The Hall–Kier alpha value is -1.80. The van der Waals surface area contributed by atoms with Gasteiger partial charge in [0.1, 0.15) is 18.5 Å². The van der Waals surface area contributed by atoms with Gasteiger partial charge in [0.2, 0.25) is 5.91 Å². The summed E-state index contributed by atoms with van der Waals surface area (Å²) in [5, 5.41) is 16.6. The zero-order valence-corrected chi connectivity index (χ0v) is 20.2. The van der Waals surface area contributed by atoms with E-state index in [0.717, 1.165) is 38.1 Å². The van der Waals surface area contributed by atoms with Gasteiger partial charge in [-0.1, -0.05) is 0 Å². The Morgan fingerprint density at radius 1 is 1.31 bits per heavy atom. The van der Waals surface area contributed by atoms with Crippen molar-refractivity contribution in [3.8, 4) is 5.75 Å². The molecule has 1 aliphatic heterocycles. The maximum atomic E-state index is 12.6. The van der Waals surface area contributed by atoms with Crippen LogP contribution in [0.4, 0.5) is 13.2 Å². The van der Waals surface area contributed by atoms with E-state index in [0.29, 0.717) is 12.5 Å². The zero-order valence-electron chi connectivity index (χ0n) is 17.9. The maximum Gasteiger partial charge on any atom is 0.416 e. The van der Waals surface area contributed by atoms with E-state index < -0.39 is 17.8 Å². The Kier molecular flexibility index (Phi) is 12.1. The number of hydrogen-bond acceptors (Lipinski definition) is 5. The lowest BCUT2D eigenvalue weighted by molar-refractivity contribution is -0.137. The number of amides is 1. The molecule has 0 bridgehead atoms. The molecule has 2 rings (SSSR count). The molecule has 32 heavy (non-hydrogen) atoms. The summed E-state index contributed by atoms with van der Waals surface area (Å²) in [6.07, 6.45) is -3.66. The Bertz CT molecular complexity index is 726. The van der Waals surface area contributed by atoms with Crippen molar-refractivity contribution in [1.29, 1.82) is 0 Å². The van der Waals surface area contributed by atoms with Crippen LogP contribution < -0.4 is 21.1 Å². The third-order valence-corrected chi connectivity index (χ3v) is 4.74. The average Bonchev–Trinajstić information content (AvgIpc) is 2.71. The van der Waals surface area contributed by atoms with Crippen LogP contribution in [-0.2, 0) is 11.0 Å². The molecular formula is C20H31F3IN5O3. The van der Waals surface area contributed by atoms with Gasteiger partial charge in [0.15, 0.2) is 5.96 Å².